The summed E-state index contributed by atoms with van der Waals surface area (Å²) < 4.78 is 5.98. The Kier molecular flexibility index (Phi) is 4.53. The smallest absolute Gasteiger partial charge is 0.0896 e. The van der Waals surface area contributed by atoms with Gasteiger partial charge < -0.3 is 10.1 Å². The zero-order valence-corrected chi connectivity index (χ0v) is 13.1. The van der Waals surface area contributed by atoms with E-state index in [1.54, 1.807) is 6.07 Å². The van der Waals surface area contributed by atoms with Crippen LogP contribution in [0.2, 0.25) is 10.0 Å². The van der Waals surface area contributed by atoms with Gasteiger partial charge >= 0.3 is 0 Å². The van der Waals surface area contributed by atoms with E-state index >= 15 is 0 Å². The Morgan fingerprint density at radius 1 is 1.25 bits per heavy atom. The third-order valence-electron chi connectivity index (χ3n) is 4.01. The third kappa shape index (κ3) is 3.46. The fourth-order valence-electron chi connectivity index (χ4n) is 2.82. The molecule has 0 radical (unpaired) electrons. The molecule has 3 nitrogen and oxygen atoms in total. The van der Waals surface area contributed by atoms with Crippen molar-refractivity contribution in [2.24, 2.45) is 0 Å². The molecule has 2 aliphatic rings. The second-order valence-electron chi connectivity index (χ2n) is 5.72. The summed E-state index contributed by atoms with van der Waals surface area (Å²) in [6.07, 6.45) is 2.72. The second-order valence-corrected chi connectivity index (χ2v) is 6.59. The van der Waals surface area contributed by atoms with E-state index in [1.165, 1.54) is 12.8 Å². The van der Waals surface area contributed by atoms with Gasteiger partial charge in [0.25, 0.3) is 0 Å². The van der Waals surface area contributed by atoms with E-state index in [0.717, 1.165) is 25.3 Å². The lowest BCUT2D eigenvalue weighted by Gasteiger charge is -2.39. The summed E-state index contributed by atoms with van der Waals surface area (Å²) in [5.74, 6) is 0. The first kappa shape index (κ1) is 14.6. The fourth-order valence-corrected chi connectivity index (χ4v) is 3.36. The van der Waals surface area contributed by atoms with Crippen molar-refractivity contribution in [1.82, 2.24) is 10.2 Å². The normalized spacial score (nSPS) is 27.8. The monoisotopic (exact) mass is 314 g/mol. The Bertz CT molecular complexity index is 459. The van der Waals surface area contributed by atoms with Gasteiger partial charge in [-0.15, -0.1) is 0 Å². The van der Waals surface area contributed by atoms with Gasteiger partial charge in [0.2, 0.25) is 0 Å². The zero-order chi connectivity index (χ0) is 14.1. The number of morpholine rings is 1. The van der Waals surface area contributed by atoms with Gasteiger partial charge in [-0.2, -0.15) is 0 Å². The van der Waals surface area contributed by atoms with Crippen LogP contribution >= 0.6 is 23.2 Å². The van der Waals surface area contributed by atoms with Gasteiger partial charge in [-0.3, -0.25) is 4.90 Å². The molecule has 20 heavy (non-hydrogen) atoms. The summed E-state index contributed by atoms with van der Waals surface area (Å²) in [5, 5.41) is 4.92. The Morgan fingerprint density at radius 3 is 2.60 bits per heavy atom. The van der Waals surface area contributed by atoms with Gasteiger partial charge in [-0.1, -0.05) is 23.2 Å². The first-order chi connectivity index (χ1) is 9.63. The third-order valence-corrected chi connectivity index (χ3v) is 4.45. The number of benzene rings is 1. The predicted molar refractivity (Wildman–Crippen MR) is 82.6 cm³/mol. The maximum Gasteiger partial charge on any atom is 0.0896 e. The highest BCUT2D eigenvalue weighted by molar-refractivity contribution is 6.34. The number of ether oxygens (including phenoxy) is 1. The van der Waals surface area contributed by atoms with Crippen molar-refractivity contribution >= 4 is 23.2 Å². The summed E-state index contributed by atoms with van der Waals surface area (Å²) in [6.45, 7) is 2.58. The highest BCUT2D eigenvalue weighted by atomic mass is 35.5. The molecule has 2 atom stereocenters. The molecule has 1 N–H and O–H groups in total. The lowest BCUT2D eigenvalue weighted by molar-refractivity contribution is -0.0615. The van der Waals surface area contributed by atoms with Gasteiger partial charge in [-0.05, 0) is 43.7 Å². The molecule has 110 valence electrons. The molecule has 1 heterocycles. The molecule has 0 aromatic heterocycles. The largest absolute Gasteiger partial charge is 0.374 e. The van der Waals surface area contributed by atoms with E-state index < -0.39 is 0 Å². The van der Waals surface area contributed by atoms with Crippen LogP contribution in [0.15, 0.2) is 18.2 Å². The minimum atomic E-state index is 0.142. The van der Waals surface area contributed by atoms with Crippen LogP contribution in [0.1, 0.15) is 24.4 Å². The van der Waals surface area contributed by atoms with E-state index in [9.17, 15) is 0 Å². The van der Waals surface area contributed by atoms with Crippen molar-refractivity contribution < 1.29 is 4.74 Å². The topological polar surface area (TPSA) is 24.5 Å². The van der Waals surface area contributed by atoms with Crippen molar-refractivity contribution in [3.05, 3.63) is 33.8 Å². The Morgan fingerprint density at radius 2 is 1.95 bits per heavy atom. The Balaban J connectivity index is 1.80. The lowest BCUT2D eigenvalue weighted by Crippen LogP contribution is -2.47. The molecule has 1 aromatic rings. The van der Waals surface area contributed by atoms with Gasteiger partial charge in [-0.25, -0.2) is 0 Å². The van der Waals surface area contributed by atoms with E-state index in [0.29, 0.717) is 16.1 Å². The first-order valence-corrected chi connectivity index (χ1v) is 7.90. The lowest BCUT2D eigenvalue weighted by atomic mass is 9.98. The van der Waals surface area contributed by atoms with Crippen LogP contribution in [-0.4, -0.2) is 43.8 Å². The number of likely N-dealkylation sites (N-methyl/N-ethyl adjacent to an activating group) is 1. The Hall–Kier alpha value is -0.320. The molecule has 1 saturated heterocycles. The van der Waals surface area contributed by atoms with Crippen LogP contribution in [-0.2, 0) is 4.74 Å². The fraction of sp³-hybridized carbons (Fsp3) is 0.600. The molecule has 1 aromatic carbocycles. The molecular weight excluding hydrogens is 295 g/mol. The van der Waals surface area contributed by atoms with E-state index in [1.807, 2.05) is 12.1 Å². The average Bonchev–Trinajstić information content (AvgIpc) is 3.19. The van der Waals surface area contributed by atoms with Crippen LogP contribution in [0.4, 0.5) is 0 Å². The molecule has 3 rings (SSSR count). The molecule has 1 aliphatic carbocycles. The second kappa shape index (κ2) is 6.20. The highest BCUT2D eigenvalue weighted by Crippen LogP contribution is 2.32. The summed E-state index contributed by atoms with van der Waals surface area (Å²) in [4.78, 5) is 2.32. The van der Waals surface area contributed by atoms with Crippen molar-refractivity contribution in [1.29, 1.82) is 0 Å². The number of hydrogen-bond donors (Lipinski definition) is 1. The number of hydrogen-bond acceptors (Lipinski definition) is 3. The molecule has 5 heteroatoms. The number of halogens is 2. The van der Waals surface area contributed by atoms with Crippen LogP contribution < -0.4 is 5.32 Å². The van der Waals surface area contributed by atoms with Gasteiger partial charge in [0.15, 0.2) is 0 Å². The maximum atomic E-state index is 6.14. The quantitative estimate of drug-likeness (QED) is 0.924. The molecule has 1 aliphatic heterocycles. The highest BCUT2D eigenvalue weighted by Gasteiger charge is 2.33. The Labute approximate surface area is 130 Å². The predicted octanol–water partition coefficient (Wildman–Crippen LogP) is 3.12. The summed E-state index contributed by atoms with van der Waals surface area (Å²) in [5.41, 5.74) is 1.13. The molecule has 0 bridgehead atoms. The summed E-state index contributed by atoms with van der Waals surface area (Å²) in [7, 11) is 2.13. The summed E-state index contributed by atoms with van der Waals surface area (Å²) >= 11 is 12.3. The maximum absolute atomic E-state index is 6.14. The minimum absolute atomic E-state index is 0.142. The summed E-state index contributed by atoms with van der Waals surface area (Å²) in [6, 6.07) is 6.65. The van der Waals surface area contributed by atoms with Crippen molar-refractivity contribution in [2.45, 2.75) is 31.0 Å². The van der Waals surface area contributed by atoms with Crippen molar-refractivity contribution in [3.63, 3.8) is 0 Å². The number of rotatable bonds is 4. The minimum Gasteiger partial charge on any atom is -0.374 e. The molecular formula is C15H20Cl2N2O. The van der Waals surface area contributed by atoms with Gasteiger partial charge in [0.05, 0.1) is 18.8 Å². The molecule has 1 saturated carbocycles. The van der Waals surface area contributed by atoms with Crippen molar-refractivity contribution in [2.75, 3.05) is 26.7 Å². The van der Waals surface area contributed by atoms with Crippen LogP contribution in [0.25, 0.3) is 0 Å². The van der Waals surface area contributed by atoms with Gasteiger partial charge in [0, 0.05) is 29.2 Å². The molecule has 2 unspecified atom stereocenters. The SMILES string of the molecule is CN1CCOC(CNC2CC2)C1c1cc(Cl)cc(Cl)c1. The number of nitrogens with zero attached hydrogens (tertiary/aromatic N) is 1. The zero-order valence-electron chi connectivity index (χ0n) is 11.6. The van der Waals surface area contributed by atoms with Crippen LogP contribution in [0.3, 0.4) is 0 Å². The van der Waals surface area contributed by atoms with E-state index in [2.05, 4.69) is 17.3 Å². The molecule has 0 spiro atoms. The standard InChI is InChI=1S/C15H20Cl2N2O/c1-19-4-5-20-14(9-18-13-2-3-13)15(19)10-6-11(16)8-12(17)7-10/h6-8,13-15,18H,2-5,9H2,1H3. The van der Waals surface area contributed by atoms with Crippen LogP contribution in [0.5, 0.6) is 0 Å². The van der Waals surface area contributed by atoms with Gasteiger partial charge in [0.1, 0.15) is 0 Å². The van der Waals surface area contributed by atoms with E-state index in [-0.39, 0.29) is 12.1 Å². The average molecular weight is 315 g/mol. The van der Waals surface area contributed by atoms with E-state index in [4.69, 9.17) is 27.9 Å². The van der Waals surface area contributed by atoms with Crippen LogP contribution in [0, 0.1) is 0 Å². The van der Waals surface area contributed by atoms with Crippen molar-refractivity contribution in [3.8, 4) is 0 Å². The first-order valence-electron chi connectivity index (χ1n) is 7.15. The molecule has 0 amide bonds. The number of nitrogens with one attached hydrogen (secondary N) is 1. The molecule has 2 fully saturated rings.